The maximum Gasteiger partial charge on any atom is 0.416 e. The highest BCUT2D eigenvalue weighted by Gasteiger charge is 2.30. The molecule has 0 aliphatic heterocycles. The first-order chi connectivity index (χ1) is 19.0. The zero-order valence-corrected chi connectivity index (χ0v) is 22.2. The average Bonchev–Trinajstić information content (AvgIpc) is 3.23. The van der Waals surface area contributed by atoms with Gasteiger partial charge in [-0.2, -0.15) is 13.2 Å². The Kier molecular flexibility index (Phi) is 7.39. The second-order valence-electron chi connectivity index (χ2n) is 10.5. The summed E-state index contributed by atoms with van der Waals surface area (Å²) in [6.07, 6.45) is -0.0582. The molecule has 1 aliphatic rings. The minimum Gasteiger partial charge on any atom is -0.507 e. The van der Waals surface area contributed by atoms with E-state index >= 15 is 0 Å². The van der Waals surface area contributed by atoms with Crippen LogP contribution in [0.5, 0.6) is 5.75 Å². The topological polar surface area (TPSA) is 113 Å². The lowest BCUT2D eigenvalue weighted by molar-refractivity contribution is -0.137. The molecule has 3 N–H and O–H groups in total. The number of imidazole rings is 1. The number of hydrogen-bond acceptors (Lipinski definition) is 6. The highest BCUT2D eigenvalue weighted by atomic mass is 19.4. The second-order valence-corrected chi connectivity index (χ2v) is 10.5. The van der Waals surface area contributed by atoms with Crippen molar-refractivity contribution >= 4 is 23.0 Å². The number of carboxylic acid groups (broad SMARTS) is 1. The Labute approximate surface area is 228 Å². The van der Waals surface area contributed by atoms with Gasteiger partial charge in [-0.05, 0) is 53.6 Å². The number of rotatable bonds is 9. The first-order valence-electron chi connectivity index (χ1n) is 13.3. The highest BCUT2D eigenvalue weighted by Crippen LogP contribution is 2.36. The summed E-state index contributed by atoms with van der Waals surface area (Å²) in [5.74, 6) is -0.460. The number of anilines is 1. The number of nitrogens with one attached hydrogen (secondary N) is 1. The van der Waals surface area contributed by atoms with E-state index in [9.17, 15) is 28.2 Å². The predicted octanol–water partition coefficient (Wildman–Crippen LogP) is 6.69. The van der Waals surface area contributed by atoms with E-state index < -0.39 is 23.5 Å². The van der Waals surface area contributed by atoms with Crippen LogP contribution in [-0.2, 0) is 12.7 Å². The van der Waals surface area contributed by atoms with Crippen molar-refractivity contribution in [3.8, 4) is 17.1 Å². The Morgan fingerprint density at radius 3 is 2.42 bits per heavy atom. The molecule has 0 radical (unpaired) electrons. The molecule has 8 nitrogen and oxygen atoms in total. The number of alkyl halides is 3. The van der Waals surface area contributed by atoms with Crippen LogP contribution in [0.4, 0.5) is 19.0 Å². The van der Waals surface area contributed by atoms with Gasteiger partial charge in [-0.25, -0.2) is 19.7 Å². The highest BCUT2D eigenvalue weighted by molar-refractivity contribution is 5.92. The number of fused-ring (bicyclic) bond motifs is 1. The van der Waals surface area contributed by atoms with Gasteiger partial charge < -0.3 is 20.1 Å². The number of hydrogen-bond donors (Lipinski definition) is 3. The second kappa shape index (κ2) is 10.8. The van der Waals surface area contributed by atoms with Gasteiger partial charge in [0.2, 0.25) is 5.82 Å². The zero-order valence-electron chi connectivity index (χ0n) is 22.2. The molecule has 0 amide bonds. The van der Waals surface area contributed by atoms with Crippen molar-refractivity contribution in [2.24, 2.45) is 5.92 Å². The lowest BCUT2D eigenvalue weighted by Crippen LogP contribution is -2.17. The van der Waals surface area contributed by atoms with E-state index in [-0.39, 0.29) is 29.7 Å². The van der Waals surface area contributed by atoms with Crippen LogP contribution in [0, 0.1) is 5.92 Å². The normalized spacial score (nSPS) is 14.1. The fourth-order valence-electron chi connectivity index (χ4n) is 4.86. The maximum absolute atomic E-state index is 13.2. The molecule has 1 saturated carbocycles. The lowest BCUT2D eigenvalue weighted by Gasteiger charge is -2.25. The van der Waals surface area contributed by atoms with E-state index in [0.29, 0.717) is 34.9 Å². The van der Waals surface area contributed by atoms with Gasteiger partial charge in [-0.1, -0.05) is 51.3 Å². The fourth-order valence-corrected chi connectivity index (χ4v) is 4.86. The molecular weight excluding hydrogens is 523 g/mol. The number of carboxylic acids is 1. The minimum atomic E-state index is -4.47. The van der Waals surface area contributed by atoms with E-state index in [0.717, 1.165) is 37.0 Å². The molecule has 1 fully saturated rings. The lowest BCUT2D eigenvalue weighted by atomic mass is 9.83. The molecule has 2 heterocycles. The standard InChI is InChI=1S/C29H30F3N5O3/c1-16(2)19-8-11-22(38)21(14-19)27-36-25-23(37(27)15-18-6-9-20(10-7-18)29(30,31)32)24(34-26(35-25)28(39)40)33-13-12-17-4-3-5-17/h6-11,14,16-17,38H,3-5,12-13,15H2,1-2H3,(H,39,40)(H,33,34,35). The summed E-state index contributed by atoms with van der Waals surface area (Å²) in [6, 6.07) is 9.99. The summed E-state index contributed by atoms with van der Waals surface area (Å²) in [6.45, 7) is 4.67. The third-order valence-corrected chi connectivity index (χ3v) is 7.41. The molecule has 5 rings (SSSR count). The predicted molar refractivity (Wildman–Crippen MR) is 144 cm³/mol. The third-order valence-electron chi connectivity index (χ3n) is 7.41. The van der Waals surface area contributed by atoms with Crippen molar-refractivity contribution in [1.82, 2.24) is 19.5 Å². The van der Waals surface area contributed by atoms with Crippen LogP contribution in [0.3, 0.4) is 0 Å². The summed E-state index contributed by atoms with van der Waals surface area (Å²) in [5, 5.41) is 23.8. The quantitative estimate of drug-likeness (QED) is 0.212. The van der Waals surface area contributed by atoms with Crippen molar-refractivity contribution in [3.05, 3.63) is 65.0 Å². The Morgan fingerprint density at radius 2 is 1.82 bits per heavy atom. The SMILES string of the molecule is CC(C)c1ccc(O)c(-c2nc3nc(C(=O)O)nc(NCCC4CCC4)c3n2Cc2ccc(C(F)(F)F)cc2)c1. The van der Waals surface area contributed by atoms with Crippen LogP contribution in [0.2, 0.25) is 0 Å². The van der Waals surface area contributed by atoms with Crippen LogP contribution >= 0.6 is 0 Å². The molecule has 210 valence electrons. The van der Waals surface area contributed by atoms with Gasteiger partial charge in [-0.3, -0.25) is 0 Å². The zero-order chi connectivity index (χ0) is 28.6. The first kappa shape index (κ1) is 27.4. The van der Waals surface area contributed by atoms with Gasteiger partial charge in [-0.15, -0.1) is 0 Å². The molecule has 0 spiro atoms. The van der Waals surface area contributed by atoms with Crippen molar-refractivity contribution in [2.75, 3.05) is 11.9 Å². The number of nitrogens with zero attached hydrogens (tertiary/aromatic N) is 4. The van der Waals surface area contributed by atoms with Crippen LogP contribution in [0.1, 0.15) is 72.8 Å². The number of aromatic carboxylic acids is 1. The summed E-state index contributed by atoms with van der Waals surface area (Å²) in [4.78, 5) is 24.9. The molecule has 0 unspecified atom stereocenters. The minimum absolute atomic E-state index is 0.0423. The number of benzene rings is 2. The summed E-state index contributed by atoms with van der Waals surface area (Å²) >= 11 is 0. The molecule has 40 heavy (non-hydrogen) atoms. The number of phenols is 1. The Hall–Kier alpha value is -4.15. The number of halogens is 3. The summed E-state index contributed by atoms with van der Waals surface area (Å²) in [5.41, 5.74) is 1.64. The molecule has 0 bridgehead atoms. The molecule has 0 saturated heterocycles. The number of aromatic hydroxyl groups is 1. The van der Waals surface area contributed by atoms with Crippen LogP contribution in [-0.4, -0.2) is 42.2 Å². The fraction of sp³-hybridized carbons (Fsp3) is 0.379. The molecule has 2 aromatic carbocycles. The van der Waals surface area contributed by atoms with E-state index in [1.807, 2.05) is 19.9 Å². The van der Waals surface area contributed by atoms with Gasteiger partial charge in [0.15, 0.2) is 11.5 Å². The van der Waals surface area contributed by atoms with Gasteiger partial charge in [0.1, 0.15) is 17.1 Å². The number of phenolic OH excluding ortho intramolecular Hbond substituents is 1. The third kappa shape index (κ3) is 5.59. The van der Waals surface area contributed by atoms with Crippen LogP contribution in [0.25, 0.3) is 22.6 Å². The average molecular weight is 554 g/mol. The van der Waals surface area contributed by atoms with Crippen molar-refractivity contribution in [1.29, 1.82) is 0 Å². The largest absolute Gasteiger partial charge is 0.507 e. The number of carbonyl (C=O) groups is 1. The van der Waals surface area contributed by atoms with Gasteiger partial charge in [0, 0.05) is 13.1 Å². The van der Waals surface area contributed by atoms with Gasteiger partial charge in [0.05, 0.1) is 11.1 Å². The molecule has 4 aromatic rings. The summed E-state index contributed by atoms with van der Waals surface area (Å²) in [7, 11) is 0. The first-order valence-corrected chi connectivity index (χ1v) is 13.3. The molecule has 11 heteroatoms. The monoisotopic (exact) mass is 553 g/mol. The van der Waals surface area contributed by atoms with E-state index in [4.69, 9.17) is 0 Å². The van der Waals surface area contributed by atoms with E-state index in [1.165, 1.54) is 18.6 Å². The van der Waals surface area contributed by atoms with E-state index in [1.54, 1.807) is 16.7 Å². The van der Waals surface area contributed by atoms with Gasteiger partial charge >= 0.3 is 12.1 Å². The van der Waals surface area contributed by atoms with Crippen molar-refractivity contribution < 1.29 is 28.2 Å². The molecule has 0 atom stereocenters. The van der Waals surface area contributed by atoms with Crippen molar-refractivity contribution in [2.45, 2.75) is 58.2 Å². The van der Waals surface area contributed by atoms with Gasteiger partial charge in [0.25, 0.3) is 0 Å². The Balaban J connectivity index is 1.67. The molecule has 1 aliphatic carbocycles. The Morgan fingerprint density at radius 1 is 1.10 bits per heavy atom. The van der Waals surface area contributed by atoms with Crippen LogP contribution in [0.15, 0.2) is 42.5 Å². The number of aromatic nitrogens is 4. The summed E-state index contributed by atoms with van der Waals surface area (Å²) < 4.78 is 41.3. The Bertz CT molecular complexity index is 1540. The smallest absolute Gasteiger partial charge is 0.416 e. The molecular formula is C29H30F3N5O3. The van der Waals surface area contributed by atoms with Crippen LogP contribution < -0.4 is 5.32 Å². The van der Waals surface area contributed by atoms with E-state index in [2.05, 4.69) is 20.3 Å². The molecule has 2 aromatic heterocycles. The van der Waals surface area contributed by atoms with Crippen molar-refractivity contribution in [3.63, 3.8) is 0 Å². The maximum atomic E-state index is 13.2.